The number of ether oxygens (including phenoxy) is 1. The van der Waals surface area contributed by atoms with Crippen molar-refractivity contribution in [3.8, 4) is 0 Å². The van der Waals surface area contributed by atoms with Crippen LogP contribution in [0.5, 0.6) is 0 Å². The van der Waals surface area contributed by atoms with Crippen LogP contribution in [0.1, 0.15) is 31.3 Å². The molecule has 1 fully saturated rings. The molecule has 1 amide bonds. The molecule has 2 aromatic heterocycles. The molecule has 3 aromatic rings. The summed E-state index contributed by atoms with van der Waals surface area (Å²) >= 11 is 3.23. The summed E-state index contributed by atoms with van der Waals surface area (Å²) in [7, 11) is 1.34. The molecule has 3 heterocycles. The number of anilines is 1. The first-order chi connectivity index (χ1) is 14.5. The Hall–Kier alpha value is -2.42. The van der Waals surface area contributed by atoms with Gasteiger partial charge in [-0.2, -0.15) is 11.8 Å². The van der Waals surface area contributed by atoms with E-state index in [-0.39, 0.29) is 5.91 Å². The highest BCUT2D eigenvalue weighted by molar-refractivity contribution is 7.99. The highest BCUT2D eigenvalue weighted by atomic mass is 32.2. The number of hydrogen-bond acceptors (Lipinski definition) is 7. The van der Waals surface area contributed by atoms with E-state index in [4.69, 9.17) is 9.72 Å². The third-order valence-corrected chi connectivity index (χ3v) is 7.05. The number of thioether (sulfide) groups is 1. The van der Waals surface area contributed by atoms with Crippen molar-refractivity contribution >= 4 is 50.9 Å². The number of methoxy groups -OCH3 is 1. The average Bonchev–Trinajstić information content (AvgIpc) is 3.12. The van der Waals surface area contributed by atoms with Gasteiger partial charge in [0.05, 0.1) is 18.5 Å². The maximum absolute atomic E-state index is 12.8. The van der Waals surface area contributed by atoms with E-state index in [1.54, 1.807) is 12.1 Å². The third kappa shape index (κ3) is 4.50. The molecular formula is C22H23N3O3S2. The number of pyridine rings is 1. The van der Waals surface area contributed by atoms with Crippen molar-refractivity contribution < 1.29 is 14.3 Å². The van der Waals surface area contributed by atoms with Crippen LogP contribution in [0.25, 0.3) is 10.2 Å². The van der Waals surface area contributed by atoms with E-state index in [1.807, 2.05) is 43.0 Å². The van der Waals surface area contributed by atoms with Gasteiger partial charge in [0, 0.05) is 42.1 Å². The zero-order valence-corrected chi connectivity index (χ0v) is 18.6. The quantitative estimate of drug-likeness (QED) is 0.599. The van der Waals surface area contributed by atoms with Crippen molar-refractivity contribution in [3.05, 3.63) is 58.1 Å². The summed E-state index contributed by atoms with van der Waals surface area (Å²) in [6, 6.07) is 11.2. The maximum Gasteiger partial charge on any atom is 0.350 e. The Morgan fingerprint density at radius 1 is 1.13 bits per heavy atom. The predicted molar refractivity (Wildman–Crippen MR) is 123 cm³/mol. The van der Waals surface area contributed by atoms with Crippen molar-refractivity contribution in [1.82, 2.24) is 9.88 Å². The molecule has 0 aliphatic carbocycles. The molecule has 0 saturated carbocycles. The number of fused-ring (bicyclic) bond motifs is 1. The van der Waals surface area contributed by atoms with Crippen LogP contribution in [0.15, 0.2) is 36.4 Å². The molecule has 0 spiro atoms. The molecule has 8 heteroatoms. The second kappa shape index (κ2) is 9.16. The molecule has 0 unspecified atom stereocenters. The molecule has 30 heavy (non-hydrogen) atoms. The standard InChI is InChI=1S/C22H23N3O3S2/c1-14-3-5-15(6-4-14)20(26)24-18-17-8-7-16(13-25-9-11-29-12-10-25)23-21(17)30-19(18)22(27)28-2/h3-8H,9-13H2,1-2H3,(H,24,26). The topological polar surface area (TPSA) is 71.5 Å². The summed E-state index contributed by atoms with van der Waals surface area (Å²) in [5, 5.41) is 3.65. The molecule has 1 N–H and O–H groups in total. The van der Waals surface area contributed by atoms with Crippen molar-refractivity contribution in [3.63, 3.8) is 0 Å². The fraction of sp³-hybridized carbons (Fsp3) is 0.318. The van der Waals surface area contributed by atoms with E-state index in [2.05, 4.69) is 10.2 Å². The van der Waals surface area contributed by atoms with Crippen LogP contribution < -0.4 is 5.32 Å². The molecule has 156 valence electrons. The van der Waals surface area contributed by atoms with Gasteiger partial charge in [-0.1, -0.05) is 17.7 Å². The third-order valence-electron chi connectivity index (χ3n) is 5.03. The lowest BCUT2D eigenvalue weighted by molar-refractivity contribution is 0.0607. The van der Waals surface area contributed by atoms with E-state index < -0.39 is 5.97 Å². The van der Waals surface area contributed by atoms with Gasteiger partial charge in [-0.25, -0.2) is 9.78 Å². The van der Waals surface area contributed by atoms with E-state index in [1.165, 1.54) is 18.4 Å². The molecule has 1 aliphatic rings. The zero-order valence-electron chi connectivity index (χ0n) is 16.9. The minimum atomic E-state index is -0.480. The Labute approximate surface area is 183 Å². The minimum absolute atomic E-state index is 0.269. The second-order valence-corrected chi connectivity index (χ2v) is 9.39. The molecule has 0 bridgehead atoms. The van der Waals surface area contributed by atoms with Crippen molar-refractivity contribution in [2.24, 2.45) is 0 Å². The maximum atomic E-state index is 12.8. The zero-order chi connectivity index (χ0) is 21.1. The van der Waals surface area contributed by atoms with Gasteiger partial charge < -0.3 is 10.1 Å². The smallest absolute Gasteiger partial charge is 0.350 e. The Bertz CT molecular complexity index is 1070. The van der Waals surface area contributed by atoms with Gasteiger partial charge in [0.2, 0.25) is 0 Å². The fourth-order valence-corrected chi connectivity index (χ4v) is 5.39. The van der Waals surface area contributed by atoms with Crippen LogP contribution in [0, 0.1) is 6.92 Å². The largest absolute Gasteiger partial charge is 0.465 e. The molecule has 1 aliphatic heterocycles. The van der Waals surface area contributed by atoms with Gasteiger partial charge >= 0.3 is 5.97 Å². The van der Waals surface area contributed by atoms with Crippen LogP contribution >= 0.6 is 23.1 Å². The predicted octanol–water partition coefficient (Wildman–Crippen LogP) is 4.19. The summed E-state index contributed by atoms with van der Waals surface area (Å²) < 4.78 is 4.94. The number of amides is 1. The van der Waals surface area contributed by atoms with Crippen molar-refractivity contribution in [2.45, 2.75) is 13.5 Å². The van der Waals surface area contributed by atoms with Gasteiger partial charge in [-0.15, -0.1) is 11.3 Å². The van der Waals surface area contributed by atoms with Crippen LogP contribution in [0.3, 0.4) is 0 Å². The second-order valence-electron chi connectivity index (χ2n) is 7.16. The Morgan fingerprint density at radius 3 is 2.57 bits per heavy atom. The van der Waals surface area contributed by atoms with Crippen molar-refractivity contribution in [1.29, 1.82) is 0 Å². The molecule has 6 nitrogen and oxygen atoms in total. The van der Waals surface area contributed by atoms with E-state index in [0.717, 1.165) is 52.6 Å². The normalized spacial score (nSPS) is 14.6. The minimum Gasteiger partial charge on any atom is -0.465 e. The van der Waals surface area contributed by atoms with E-state index in [0.29, 0.717) is 16.1 Å². The van der Waals surface area contributed by atoms with Crippen molar-refractivity contribution in [2.75, 3.05) is 37.0 Å². The van der Waals surface area contributed by atoms with Gasteiger partial charge in [0.1, 0.15) is 9.71 Å². The molecule has 1 saturated heterocycles. The monoisotopic (exact) mass is 441 g/mol. The summed E-state index contributed by atoms with van der Waals surface area (Å²) in [5.74, 6) is 1.54. The van der Waals surface area contributed by atoms with Gasteiger partial charge in [-0.05, 0) is 31.2 Å². The Kier molecular flexibility index (Phi) is 6.36. The number of aromatic nitrogens is 1. The number of aryl methyl sites for hydroxylation is 1. The first kappa shape index (κ1) is 20.8. The summed E-state index contributed by atoms with van der Waals surface area (Å²) in [5.41, 5.74) is 3.03. The Balaban J connectivity index is 1.65. The number of esters is 1. The number of benzene rings is 1. The van der Waals surface area contributed by atoms with E-state index in [9.17, 15) is 9.59 Å². The molecule has 0 radical (unpaired) electrons. The fourth-order valence-electron chi connectivity index (χ4n) is 3.34. The highest BCUT2D eigenvalue weighted by Crippen LogP contribution is 2.36. The first-order valence-electron chi connectivity index (χ1n) is 9.74. The lowest BCUT2D eigenvalue weighted by Gasteiger charge is -2.25. The average molecular weight is 442 g/mol. The number of carbonyl (C=O) groups excluding carboxylic acids is 2. The van der Waals surface area contributed by atoms with Gasteiger partial charge in [0.25, 0.3) is 5.91 Å². The van der Waals surface area contributed by atoms with E-state index >= 15 is 0 Å². The van der Waals surface area contributed by atoms with Gasteiger partial charge in [0.15, 0.2) is 0 Å². The number of rotatable bonds is 5. The van der Waals surface area contributed by atoms with Crippen LogP contribution in [-0.2, 0) is 11.3 Å². The van der Waals surface area contributed by atoms with Crippen LogP contribution in [-0.4, -0.2) is 53.5 Å². The Morgan fingerprint density at radius 2 is 1.87 bits per heavy atom. The molecule has 0 atom stereocenters. The van der Waals surface area contributed by atoms with Crippen LogP contribution in [0.4, 0.5) is 5.69 Å². The highest BCUT2D eigenvalue weighted by Gasteiger charge is 2.23. The lowest BCUT2D eigenvalue weighted by atomic mass is 10.1. The number of nitrogens with one attached hydrogen (secondary N) is 1. The van der Waals surface area contributed by atoms with Crippen LogP contribution in [0.2, 0.25) is 0 Å². The SMILES string of the molecule is COC(=O)c1sc2nc(CN3CCSCC3)ccc2c1NC(=O)c1ccc(C)cc1. The number of hydrogen-bond donors (Lipinski definition) is 1. The summed E-state index contributed by atoms with van der Waals surface area (Å²) in [6.45, 7) is 4.86. The number of nitrogens with zero attached hydrogens (tertiary/aromatic N) is 2. The number of carbonyl (C=O) groups is 2. The first-order valence-corrected chi connectivity index (χ1v) is 11.7. The molecule has 4 rings (SSSR count). The molecule has 1 aromatic carbocycles. The molecular weight excluding hydrogens is 418 g/mol. The lowest BCUT2D eigenvalue weighted by Crippen LogP contribution is -2.32. The van der Waals surface area contributed by atoms with Gasteiger partial charge in [-0.3, -0.25) is 9.69 Å². The summed E-state index contributed by atoms with van der Waals surface area (Å²) in [6.07, 6.45) is 0. The summed E-state index contributed by atoms with van der Waals surface area (Å²) in [4.78, 5) is 33.4. The number of thiophene rings is 1.